The second-order valence-electron chi connectivity index (χ2n) is 7.62. The molecule has 28 heavy (non-hydrogen) atoms. The molecule has 1 atom stereocenters. The lowest BCUT2D eigenvalue weighted by atomic mass is 10.1. The first kappa shape index (κ1) is 20.3. The summed E-state index contributed by atoms with van der Waals surface area (Å²) in [6, 6.07) is 8.93. The molecule has 1 saturated heterocycles. The number of carbonyl (C=O) groups excluding carboxylic acids is 2. The molecule has 1 aliphatic rings. The Kier molecular flexibility index (Phi) is 6.29. The van der Waals surface area contributed by atoms with Crippen molar-refractivity contribution in [2.45, 2.75) is 32.7 Å². The number of hydrogen-bond acceptors (Lipinski definition) is 2. The lowest BCUT2D eigenvalue weighted by Crippen LogP contribution is -2.35. The molecule has 150 valence electrons. The van der Waals surface area contributed by atoms with E-state index in [9.17, 15) is 9.59 Å². The van der Waals surface area contributed by atoms with Crippen molar-refractivity contribution in [1.82, 2.24) is 14.8 Å². The largest absolute Gasteiger partial charge is 0.353 e. The average molecular weight is 403 g/mol. The molecule has 2 heterocycles. The van der Waals surface area contributed by atoms with E-state index < -0.39 is 0 Å². The molecule has 2 N–H and O–H groups in total. The zero-order valence-electron chi connectivity index (χ0n) is 16.5. The smallest absolute Gasteiger partial charge is 0.322 e. The topological polar surface area (TPSA) is 66.4 Å². The quantitative estimate of drug-likeness (QED) is 0.776. The number of benzene rings is 1. The third-order valence-electron chi connectivity index (χ3n) is 4.97. The molecule has 1 aliphatic heterocycles. The molecule has 6 nitrogen and oxygen atoms in total. The molecule has 0 radical (unpaired) electrons. The number of hydrogen-bond donors (Lipinski definition) is 2. The summed E-state index contributed by atoms with van der Waals surface area (Å²) in [5.74, 6) is 0.152. The van der Waals surface area contributed by atoms with E-state index in [0.29, 0.717) is 35.3 Å². The van der Waals surface area contributed by atoms with Gasteiger partial charge in [-0.2, -0.15) is 0 Å². The van der Waals surface area contributed by atoms with Crippen LogP contribution in [-0.2, 0) is 7.05 Å². The molecule has 2 aromatic rings. The summed E-state index contributed by atoms with van der Waals surface area (Å²) >= 11 is 6.28. The Hall–Kier alpha value is -2.47. The number of amides is 3. The SMILES string of the molecule is CC(C)CNC(=O)c1ccc(NC(=O)N2CCCC2c2cccn2C)cc1Cl. The second kappa shape index (κ2) is 8.69. The highest BCUT2D eigenvalue weighted by Gasteiger charge is 2.31. The molecule has 1 aromatic heterocycles. The molecule has 3 rings (SSSR count). The van der Waals surface area contributed by atoms with E-state index in [1.165, 1.54) is 0 Å². The highest BCUT2D eigenvalue weighted by Crippen LogP contribution is 2.32. The maximum absolute atomic E-state index is 12.8. The van der Waals surface area contributed by atoms with Gasteiger partial charge < -0.3 is 20.1 Å². The molecule has 0 aliphatic carbocycles. The Morgan fingerprint density at radius 2 is 2.07 bits per heavy atom. The summed E-state index contributed by atoms with van der Waals surface area (Å²) in [7, 11) is 1.99. The Labute approximate surface area is 170 Å². The van der Waals surface area contributed by atoms with E-state index in [2.05, 4.69) is 21.3 Å². The Morgan fingerprint density at radius 3 is 2.71 bits per heavy atom. The Balaban J connectivity index is 1.68. The third kappa shape index (κ3) is 4.50. The van der Waals surface area contributed by atoms with Crippen molar-refractivity contribution in [3.8, 4) is 0 Å². The molecule has 7 heteroatoms. The van der Waals surface area contributed by atoms with Crippen LogP contribution in [0, 0.1) is 5.92 Å². The lowest BCUT2D eigenvalue weighted by Gasteiger charge is -2.25. The number of urea groups is 1. The van der Waals surface area contributed by atoms with Crippen LogP contribution in [0.4, 0.5) is 10.5 Å². The number of anilines is 1. The zero-order valence-corrected chi connectivity index (χ0v) is 17.3. The number of likely N-dealkylation sites (tertiary alicyclic amines) is 1. The molecule has 1 unspecified atom stereocenters. The molecular formula is C21H27ClN4O2. The van der Waals surface area contributed by atoms with Crippen LogP contribution in [0.2, 0.25) is 5.02 Å². The van der Waals surface area contributed by atoms with Crippen LogP contribution in [0.15, 0.2) is 36.5 Å². The standard InChI is InChI=1S/C21H27ClN4O2/c1-14(2)13-23-20(27)16-9-8-15(12-17(16)22)24-21(28)26-11-5-7-19(26)18-6-4-10-25(18)3/h4,6,8-10,12,14,19H,5,7,11,13H2,1-3H3,(H,23,27)(H,24,28). The van der Waals surface area contributed by atoms with Gasteiger partial charge in [0.25, 0.3) is 5.91 Å². The fraction of sp³-hybridized carbons (Fsp3) is 0.429. The van der Waals surface area contributed by atoms with E-state index in [0.717, 1.165) is 18.5 Å². The molecular weight excluding hydrogens is 376 g/mol. The van der Waals surface area contributed by atoms with Crippen molar-refractivity contribution in [3.63, 3.8) is 0 Å². The summed E-state index contributed by atoms with van der Waals surface area (Å²) in [5, 5.41) is 6.08. The number of nitrogens with zero attached hydrogens (tertiary/aromatic N) is 2. The van der Waals surface area contributed by atoms with Gasteiger partial charge in [-0.25, -0.2) is 4.79 Å². The summed E-state index contributed by atoms with van der Waals surface area (Å²) in [4.78, 5) is 26.9. The first-order valence-electron chi connectivity index (χ1n) is 9.63. The van der Waals surface area contributed by atoms with Crippen LogP contribution < -0.4 is 10.6 Å². The van der Waals surface area contributed by atoms with E-state index in [4.69, 9.17) is 11.6 Å². The lowest BCUT2D eigenvalue weighted by molar-refractivity contribution is 0.0949. The maximum atomic E-state index is 12.8. The average Bonchev–Trinajstić information content (AvgIpc) is 3.28. The number of halogens is 1. The summed E-state index contributed by atoms with van der Waals surface area (Å²) in [5.41, 5.74) is 2.11. The van der Waals surface area contributed by atoms with Gasteiger partial charge in [-0.3, -0.25) is 4.79 Å². The van der Waals surface area contributed by atoms with Gasteiger partial charge in [0, 0.05) is 37.7 Å². The van der Waals surface area contributed by atoms with Crippen LogP contribution in [0.3, 0.4) is 0 Å². The van der Waals surface area contributed by atoms with Crippen molar-refractivity contribution in [3.05, 3.63) is 52.8 Å². The van der Waals surface area contributed by atoms with E-state index in [-0.39, 0.29) is 18.0 Å². The van der Waals surface area contributed by atoms with Gasteiger partial charge in [-0.1, -0.05) is 25.4 Å². The van der Waals surface area contributed by atoms with Gasteiger partial charge in [0.2, 0.25) is 0 Å². The Morgan fingerprint density at radius 1 is 1.29 bits per heavy atom. The van der Waals surface area contributed by atoms with Crippen molar-refractivity contribution < 1.29 is 9.59 Å². The minimum absolute atomic E-state index is 0.0663. The fourth-order valence-corrected chi connectivity index (χ4v) is 3.77. The molecule has 1 aromatic carbocycles. The molecule has 0 bridgehead atoms. The number of aryl methyl sites for hydroxylation is 1. The molecule has 0 saturated carbocycles. The molecule has 3 amide bonds. The summed E-state index contributed by atoms with van der Waals surface area (Å²) in [6.45, 7) is 5.36. The minimum Gasteiger partial charge on any atom is -0.353 e. The highest BCUT2D eigenvalue weighted by molar-refractivity contribution is 6.34. The number of nitrogens with one attached hydrogen (secondary N) is 2. The van der Waals surface area contributed by atoms with Crippen LogP contribution >= 0.6 is 11.6 Å². The predicted molar refractivity (Wildman–Crippen MR) is 112 cm³/mol. The van der Waals surface area contributed by atoms with Gasteiger partial charge in [0.1, 0.15) is 0 Å². The highest BCUT2D eigenvalue weighted by atomic mass is 35.5. The van der Waals surface area contributed by atoms with Gasteiger partial charge in [-0.05, 0) is 49.1 Å². The first-order chi connectivity index (χ1) is 13.4. The Bertz CT molecular complexity index is 862. The van der Waals surface area contributed by atoms with Crippen LogP contribution in [0.5, 0.6) is 0 Å². The van der Waals surface area contributed by atoms with Crippen molar-refractivity contribution >= 4 is 29.2 Å². The van der Waals surface area contributed by atoms with Crippen molar-refractivity contribution in [2.24, 2.45) is 13.0 Å². The molecule has 0 spiro atoms. The molecule has 1 fully saturated rings. The predicted octanol–water partition coefficient (Wildman–Crippen LogP) is 4.43. The zero-order chi connectivity index (χ0) is 20.3. The third-order valence-corrected chi connectivity index (χ3v) is 5.29. The minimum atomic E-state index is -0.208. The van der Waals surface area contributed by atoms with E-state index in [1.54, 1.807) is 18.2 Å². The van der Waals surface area contributed by atoms with E-state index in [1.807, 2.05) is 38.1 Å². The fourth-order valence-electron chi connectivity index (χ4n) is 3.50. The van der Waals surface area contributed by atoms with Gasteiger partial charge >= 0.3 is 6.03 Å². The number of rotatable bonds is 5. The van der Waals surface area contributed by atoms with Crippen LogP contribution in [0.25, 0.3) is 0 Å². The number of aromatic nitrogens is 1. The monoisotopic (exact) mass is 402 g/mol. The van der Waals surface area contributed by atoms with E-state index >= 15 is 0 Å². The van der Waals surface area contributed by atoms with Gasteiger partial charge in [0.05, 0.1) is 16.6 Å². The van der Waals surface area contributed by atoms with Gasteiger partial charge in [-0.15, -0.1) is 0 Å². The first-order valence-corrected chi connectivity index (χ1v) is 10.0. The number of carbonyl (C=O) groups is 2. The van der Waals surface area contributed by atoms with Crippen LogP contribution in [-0.4, -0.2) is 34.5 Å². The van der Waals surface area contributed by atoms with Crippen molar-refractivity contribution in [1.29, 1.82) is 0 Å². The van der Waals surface area contributed by atoms with Gasteiger partial charge in [0.15, 0.2) is 0 Å². The summed E-state index contributed by atoms with van der Waals surface area (Å²) in [6.07, 6.45) is 3.91. The van der Waals surface area contributed by atoms with Crippen LogP contribution in [0.1, 0.15) is 48.8 Å². The van der Waals surface area contributed by atoms with Crippen molar-refractivity contribution in [2.75, 3.05) is 18.4 Å². The maximum Gasteiger partial charge on any atom is 0.322 e. The second-order valence-corrected chi connectivity index (χ2v) is 8.03. The summed E-state index contributed by atoms with van der Waals surface area (Å²) < 4.78 is 2.05. The normalized spacial score (nSPS) is 16.5.